The second-order valence-corrected chi connectivity index (χ2v) is 9.93. The number of esters is 2. The highest BCUT2D eigenvalue weighted by Crippen LogP contribution is 2.42. The number of unbranched alkanes of at least 4 members (excludes halogenated alkanes) is 1. The van der Waals surface area contributed by atoms with Gasteiger partial charge in [-0.25, -0.2) is 4.79 Å². The molecule has 3 N–H and O–H groups in total. The Morgan fingerprint density at radius 2 is 1.84 bits per heavy atom. The molecular weight excluding hydrogens is 494 g/mol. The maximum atomic E-state index is 13.7. The number of hydrogen-bond acceptors (Lipinski definition) is 10. The van der Waals surface area contributed by atoms with E-state index in [4.69, 9.17) is 19.9 Å². The van der Waals surface area contributed by atoms with Crippen LogP contribution in [-0.4, -0.2) is 82.5 Å². The smallest absolute Gasteiger partial charge is 0.328 e. The number of benzene rings is 1. The largest absolute Gasteiger partial charge is 0.465 e. The lowest BCUT2D eigenvalue weighted by molar-refractivity contribution is -0.492. The SMILES string of the molecule is CCOC(=O)C(CCc1ccccc1)NC(C)C(=O)N1C(C(=O)OCCCCON(O)O)CC2CCCC21. The van der Waals surface area contributed by atoms with Gasteiger partial charge in [-0.2, -0.15) is 0 Å². The molecule has 11 heteroatoms. The number of carbonyl (C=O) groups excluding carboxylic acids is 3. The van der Waals surface area contributed by atoms with E-state index in [0.717, 1.165) is 24.8 Å². The normalized spacial score (nSPS) is 22.2. The van der Waals surface area contributed by atoms with Gasteiger partial charge in [-0.1, -0.05) is 36.8 Å². The summed E-state index contributed by atoms with van der Waals surface area (Å²) < 4.78 is 10.7. The molecule has 5 atom stereocenters. The zero-order valence-electron chi connectivity index (χ0n) is 22.3. The van der Waals surface area contributed by atoms with Gasteiger partial charge < -0.3 is 14.4 Å². The Morgan fingerprint density at radius 3 is 2.55 bits per heavy atom. The van der Waals surface area contributed by atoms with Crippen molar-refractivity contribution in [2.24, 2.45) is 5.92 Å². The Balaban J connectivity index is 1.61. The van der Waals surface area contributed by atoms with Gasteiger partial charge in [0.1, 0.15) is 12.1 Å². The van der Waals surface area contributed by atoms with Crippen molar-refractivity contribution < 1.29 is 39.1 Å². The summed E-state index contributed by atoms with van der Waals surface area (Å²) in [5.41, 5.74) is 1.09. The first-order chi connectivity index (χ1) is 18.3. The summed E-state index contributed by atoms with van der Waals surface area (Å²) in [5, 5.41) is 19.9. The van der Waals surface area contributed by atoms with Crippen LogP contribution in [0.5, 0.6) is 0 Å². The molecule has 1 aliphatic heterocycles. The van der Waals surface area contributed by atoms with Gasteiger partial charge in [-0.3, -0.25) is 30.2 Å². The predicted molar refractivity (Wildman–Crippen MR) is 136 cm³/mol. The highest BCUT2D eigenvalue weighted by atomic mass is 17.1. The van der Waals surface area contributed by atoms with Crippen LogP contribution in [-0.2, 0) is 35.1 Å². The number of hydrogen-bond donors (Lipinski definition) is 3. The van der Waals surface area contributed by atoms with Crippen LogP contribution in [0, 0.1) is 5.92 Å². The summed E-state index contributed by atoms with van der Waals surface area (Å²) >= 11 is 0. The van der Waals surface area contributed by atoms with E-state index in [1.807, 2.05) is 30.3 Å². The Morgan fingerprint density at radius 1 is 1.11 bits per heavy atom. The van der Waals surface area contributed by atoms with Gasteiger partial charge in [0.15, 0.2) is 0 Å². The van der Waals surface area contributed by atoms with E-state index in [1.165, 1.54) is 0 Å². The van der Waals surface area contributed by atoms with Crippen molar-refractivity contribution in [1.82, 2.24) is 15.6 Å². The first-order valence-electron chi connectivity index (χ1n) is 13.6. The summed E-state index contributed by atoms with van der Waals surface area (Å²) in [7, 11) is 0. The molecule has 1 aromatic rings. The van der Waals surface area contributed by atoms with Crippen LogP contribution >= 0.6 is 0 Å². The van der Waals surface area contributed by atoms with E-state index in [0.29, 0.717) is 32.1 Å². The molecule has 3 rings (SSSR count). The second-order valence-electron chi connectivity index (χ2n) is 9.93. The van der Waals surface area contributed by atoms with Crippen LogP contribution in [0.1, 0.15) is 64.4 Å². The first kappa shape index (κ1) is 30.0. The van der Waals surface area contributed by atoms with Gasteiger partial charge in [0, 0.05) is 6.04 Å². The second kappa shape index (κ2) is 15.1. The van der Waals surface area contributed by atoms with Crippen LogP contribution in [0.2, 0.25) is 0 Å². The molecule has 1 aliphatic carbocycles. The van der Waals surface area contributed by atoms with Crippen molar-refractivity contribution in [2.45, 2.75) is 89.4 Å². The van der Waals surface area contributed by atoms with Crippen LogP contribution < -0.4 is 5.32 Å². The molecule has 38 heavy (non-hydrogen) atoms. The number of ether oxygens (including phenoxy) is 2. The molecule has 0 spiro atoms. The minimum absolute atomic E-state index is 0.0110. The monoisotopic (exact) mass is 535 g/mol. The van der Waals surface area contributed by atoms with Crippen LogP contribution in [0.3, 0.4) is 0 Å². The zero-order valence-corrected chi connectivity index (χ0v) is 22.3. The van der Waals surface area contributed by atoms with Crippen molar-refractivity contribution in [1.29, 1.82) is 0 Å². The van der Waals surface area contributed by atoms with Gasteiger partial charge in [-0.15, -0.1) is 0 Å². The standard InChI is InChI=1S/C27H41N3O8/c1-3-36-26(32)22(15-14-20-10-5-4-6-11-20)28-19(2)25(31)29-23-13-9-12-21(23)18-24(29)27(33)37-16-7-8-17-38-30(34)35/h4-6,10-11,19,21-24,28,34-35H,3,7-9,12-18H2,1-2H3. The minimum Gasteiger partial charge on any atom is -0.465 e. The Labute approximate surface area is 223 Å². The van der Waals surface area contributed by atoms with Gasteiger partial charge in [0.2, 0.25) is 5.91 Å². The zero-order chi connectivity index (χ0) is 27.5. The van der Waals surface area contributed by atoms with Crippen molar-refractivity contribution in [3.8, 4) is 0 Å². The van der Waals surface area contributed by atoms with Crippen LogP contribution in [0.15, 0.2) is 30.3 Å². The molecule has 1 saturated carbocycles. The lowest BCUT2D eigenvalue weighted by atomic mass is 10.0. The van der Waals surface area contributed by atoms with E-state index in [9.17, 15) is 14.4 Å². The topological polar surface area (TPSA) is 138 Å². The Kier molecular flexibility index (Phi) is 11.9. The third-order valence-corrected chi connectivity index (χ3v) is 7.31. The van der Waals surface area contributed by atoms with Gasteiger partial charge >= 0.3 is 11.9 Å². The lowest BCUT2D eigenvalue weighted by Gasteiger charge is -2.32. The van der Waals surface area contributed by atoms with Gasteiger partial charge in [0.25, 0.3) is 0 Å². The van der Waals surface area contributed by atoms with E-state index >= 15 is 0 Å². The van der Waals surface area contributed by atoms with Gasteiger partial charge in [-0.05, 0) is 70.3 Å². The van der Waals surface area contributed by atoms with Crippen molar-refractivity contribution in [2.75, 3.05) is 19.8 Å². The van der Waals surface area contributed by atoms with E-state index < -0.39 is 30.1 Å². The summed E-state index contributed by atoms with van der Waals surface area (Å²) in [5.74, 6) is -0.780. The Bertz CT molecular complexity index is 900. The quantitative estimate of drug-likeness (QED) is 0.175. The fourth-order valence-electron chi connectivity index (χ4n) is 5.50. The number of aryl methyl sites for hydroxylation is 1. The molecule has 1 aromatic carbocycles. The fourth-order valence-corrected chi connectivity index (χ4v) is 5.50. The van der Waals surface area contributed by atoms with E-state index in [-0.39, 0.29) is 43.1 Å². The summed E-state index contributed by atoms with van der Waals surface area (Å²) in [6.07, 6.45) is 5.48. The summed E-state index contributed by atoms with van der Waals surface area (Å²) in [6, 6.07) is 7.82. The maximum Gasteiger partial charge on any atom is 0.328 e. The summed E-state index contributed by atoms with van der Waals surface area (Å²) in [4.78, 5) is 45.6. The van der Waals surface area contributed by atoms with Crippen molar-refractivity contribution in [3.05, 3.63) is 35.9 Å². The average molecular weight is 536 g/mol. The van der Waals surface area contributed by atoms with Crippen LogP contribution in [0.25, 0.3) is 0 Å². The number of nitrogens with one attached hydrogen (secondary N) is 1. The molecule has 0 aromatic heterocycles. The van der Waals surface area contributed by atoms with Crippen LogP contribution in [0.4, 0.5) is 0 Å². The molecule has 1 amide bonds. The molecule has 212 valence electrons. The molecule has 1 heterocycles. The maximum absolute atomic E-state index is 13.7. The molecule has 2 aliphatic rings. The van der Waals surface area contributed by atoms with E-state index in [1.54, 1.807) is 18.7 Å². The number of fused-ring (bicyclic) bond motifs is 1. The number of likely N-dealkylation sites (tertiary alicyclic amines) is 1. The number of amides is 1. The minimum atomic E-state index is -0.688. The molecule has 11 nitrogen and oxygen atoms in total. The number of nitrogens with zero attached hydrogens (tertiary/aromatic N) is 2. The first-order valence-corrected chi connectivity index (χ1v) is 13.6. The summed E-state index contributed by atoms with van der Waals surface area (Å²) in [6.45, 7) is 3.94. The highest BCUT2D eigenvalue weighted by molar-refractivity contribution is 5.89. The molecule has 0 bridgehead atoms. The molecule has 5 unspecified atom stereocenters. The number of rotatable bonds is 15. The third kappa shape index (κ3) is 8.47. The van der Waals surface area contributed by atoms with Gasteiger partial charge in [0.05, 0.1) is 31.3 Å². The lowest BCUT2D eigenvalue weighted by Crippen LogP contribution is -2.55. The Hall–Kier alpha value is -2.57. The molecular formula is C27H41N3O8. The predicted octanol–water partition coefficient (Wildman–Crippen LogP) is 2.63. The average Bonchev–Trinajstić information content (AvgIpc) is 3.50. The van der Waals surface area contributed by atoms with E-state index in [2.05, 4.69) is 10.2 Å². The molecule has 1 saturated heterocycles. The molecule has 0 radical (unpaired) electrons. The number of carbonyl (C=O) groups is 3. The third-order valence-electron chi connectivity index (χ3n) is 7.31. The van der Waals surface area contributed by atoms with Crippen molar-refractivity contribution >= 4 is 17.8 Å². The van der Waals surface area contributed by atoms with Crippen molar-refractivity contribution in [3.63, 3.8) is 0 Å². The highest BCUT2D eigenvalue weighted by Gasteiger charge is 2.50. The molecule has 2 fully saturated rings. The fraction of sp³-hybridized carbons (Fsp3) is 0.667.